The summed E-state index contributed by atoms with van der Waals surface area (Å²) in [6, 6.07) is 0. The zero-order valence-corrected chi connectivity index (χ0v) is 23.7. The molecule has 0 spiro atoms. The molecule has 1 fully saturated rings. The first kappa shape index (κ1) is 33.6. The molecular weight excluding hydrogens is 462 g/mol. The second-order valence-electron chi connectivity index (χ2n) is 11.1. The van der Waals surface area contributed by atoms with Crippen molar-refractivity contribution in [2.45, 2.75) is 71.6 Å². The molecule has 1 saturated heterocycles. The first-order chi connectivity index (χ1) is 16.9. The maximum atomic E-state index is 10.0. The zero-order chi connectivity index (χ0) is 27.1. The van der Waals surface area contributed by atoms with E-state index in [1.807, 2.05) is 13.8 Å². The third-order valence-electron chi connectivity index (χ3n) is 6.49. The molecule has 0 aliphatic carbocycles. The van der Waals surface area contributed by atoms with E-state index in [0.717, 1.165) is 71.9 Å². The van der Waals surface area contributed by atoms with Crippen LogP contribution in [0.3, 0.4) is 0 Å². The molecule has 36 heavy (non-hydrogen) atoms. The molecule has 1 heterocycles. The second-order valence-corrected chi connectivity index (χ2v) is 11.1. The quantitative estimate of drug-likeness (QED) is 0.134. The monoisotopic (exact) mass is 519 g/mol. The smallest absolute Gasteiger partial charge is 0.0639 e. The highest BCUT2D eigenvalue weighted by atomic mass is 16.3. The molecule has 1 aliphatic rings. The average molecular weight is 520 g/mol. The molecule has 10 heteroatoms. The van der Waals surface area contributed by atoms with Gasteiger partial charge in [-0.25, -0.2) is 0 Å². The summed E-state index contributed by atoms with van der Waals surface area (Å²) < 4.78 is 0. The Balaban J connectivity index is 2.52. The summed E-state index contributed by atoms with van der Waals surface area (Å²) in [5.74, 6) is 0. The molecule has 0 saturated carbocycles. The van der Waals surface area contributed by atoms with E-state index >= 15 is 0 Å². The second kappa shape index (κ2) is 18.8. The number of piperazine rings is 1. The summed E-state index contributed by atoms with van der Waals surface area (Å²) in [6.07, 6.45) is -1.00. The minimum atomic E-state index is -0.461. The van der Waals surface area contributed by atoms with Gasteiger partial charge in [-0.2, -0.15) is 0 Å². The van der Waals surface area contributed by atoms with Crippen molar-refractivity contribution in [3.05, 3.63) is 0 Å². The lowest BCUT2D eigenvalue weighted by molar-refractivity contribution is 0.0616. The van der Waals surface area contributed by atoms with Crippen LogP contribution in [0.2, 0.25) is 0 Å². The van der Waals surface area contributed by atoms with E-state index in [9.17, 15) is 25.5 Å². The van der Waals surface area contributed by atoms with Crippen LogP contribution in [0.4, 0.5) is 0 Å². The summed E-state index contributed by atoms with van der Waals surface area (Å²) in [4.78, 5) is 11.4. The van der Waals surface area contributed by atoms with E-state index in [4.69, 9.17) is 0 Å². The summed E-state index contributed by atoms with van der Waals surface area (Å²) >= 11 is 0. The van der Waals surface area contributed by atoms with Crippen LogP contribution in [-0.2, 0) is 0 Å². The van der Waals surface area contributed by atoms with E-state index in [-0.39, 0.29) is 6.10 Å². The number of rotatable bonds is 20. The van der Waals surface area contributed by atoms with Crippen LogP contribution in [0.1, 0.15) is 41.0 Å². The number of β-amino-alcohol motifs (C(OH)–C–C–N with tert-alkyl or cyclic N) is 1. The SMILES string of the molecule is CC(O)CN(CCCN1CCN(CC(C)O)CC1)CCN(CCN(CC(C)O)C[C@@H](C)O)CC(C)O. The number of aliphatic hydroxyl groups excluding tert-OH is 5. The van der Waals surface area contributed by atoms with Crippen LogP contribution in [-0.4, -0.2) is 179 Å². The highest BCUT2D eigenvalue weighted by Gasteiger charge is 2.19. The molecule has 5 atom stereocenters. The summed E-state index contributed by atoms with van der Waals surface area (Å²) in [5, 5.41) is 49.3. The molecule has 0 bridgehead atoms. The molecule has 0 aromatic heterocycles. The van der Waals surface area contributed by atoms with Crippen molar-refractivity contribution in [3.8, 4) is 0 Å². The maximum absolute atomic E-state index is 10.0. The van der Waals surface area contributed by atoms with Gasteiger partial charge in [0, 0.05) is 85.1 Å². The Kier molecular flexibility index (Phi) is 17.5. The Morgan fingerprint density at radius 1 is 0.500 bits per heavy atom. The Bertz CT molecular complexity index is 521. The highest BCUT2D eigenvalue weighted by Crippen LogP contribution is 2.06. The van der Waals surface area contributed by atoms with Gasteiger partial charge in [0.2, 0.25) is 0 Å². The Morgan fingerprint density at radius 2 is 0.861 bits per heavy atom. The van der Waals surface area contributed by atoms with Gasteiger partial charge < -0.3 is 30.4 Å². The minimum absolute atomic E-state index is 0.279. The first-order valence-electron chi connectivity index (χ1n) is 14.0. The molecule has 0 aromatic carbocycles. The lowest BCUT2D eigenvalue weighted by Gasteiger charge is -2.36. The number of aliphatic hydroxyl groups is 5. The normalized spacial score (nSPS) is 20.2. The van der Waals surface area contributed by atoms with Crippen LogP contribution < -0.4 is 0 Å². The molecule has 10 nitrogen and oxygen atoms in total. The van der Waals surface area contributed by atoms with E-state index in [1.54, 1.807) is 20.8 Å². The first-order valence-corrected chi connectivity index (χ1v) is 14.0. The van der Waals surface area contributed by atoms with Crippen molar-refractivity contribution in [1.82, 2.24) is 24.5 Å². The topological polar surface area (TPSA) is 117 Å². The predicted octanol–water partition coefficient (Wildman–Crippen LogP) is -1.20. The molecule has 0 aromatic rings. The minimum Gasteiger partial charge on any atom is -0.392 e. The number of nitrogens with zero attached hydrogens (tertiary/aromatic N) is 5. The van der Waals surface area contributed by atoms with Crippen molar-refractivity contribution < 1.29 is 25.5 Å². The average Bonchev–Trinajstić information content (AvgIpc) is 2.74. The van der Waals surface area contributed by atoms with E-state index in [0.29, 0.717) is 32.7 Å². The molecule has 4 unspecified atom stereocenters. The highest BCUT2D eigenvalue weighted by molar-refractivity contribution is 4.75. The summed E-state index contributed by atoms with van der Waals surface area (Å²) in [6.45, 7) is 21.0. The van der Waals surface area contributed by atoms with Crippen LogP contribution in [0, 0.1) is 0 Å². The van der Waals surface area contributed by atoms with Gasteiger partial charge in [0.15, 0.2) is 0 Å². The Hall–Kier alpha value is -0.400. The van der Waals surface area contributed by atoms with Gasteiger partial charge in [0.25, 0.3) is 0 Å². The predicted molar refractivity (Wildman–Crippen MR) is 145 cm³/mol. The molecule has 0 radical (unpaired) electrons. The Morgan fingerprint density at radius 3 is 1.28 bits per heavy atom. The third kappa shape index (κ3) is 17.2. The number of hydrogen-bond acceptors (Lipinski definition) is 10. The lowest BCUT2D eigenvalue weighted by atomic mass is 10.2. The summed E-state index contributed by atoms with van der Waals surface area (Å²) in [7, 11) is 0. The molecular formula is C26H57N5O5. The maximum Gasteiger partial charge on any atom is 0.0639 e. The van der Waals surface area contributed by atoms with E-state index in [2.05, 4.69) is 24.5 Å². The lowest BCUT2D eigenvalue weighted by Crippen LogP contribution is -2.49. The Labute approximate surface area is 220 Å². The molecule has 1 aliphatic heterocycles. The van der Waals surface area contributed by atoms with Crippen molar-refractivity contribution in [1.29, 1.82) is 0 Å². The van der Waals surface area contributed by atoms with Crippen LogP contribution in [0.15, 0.2) is 0 Å². The van der Waals surface area contributed by atoms with E-state index in [1.165, 1.54) is 0 Å². The fourth-order valence-corrected chi connectivity index (χ4v) is 4.99. The van der Waals surface area contributed by atoms with Gasteiger partial charge in [0.1, 0.15) is 0 Å². The standard InChI is InChI=1S/C26H57N5O5/c1-22(32)17-28(8-6-7-27-9-11-29(12-10-27)18-23(2)33)13-14-30(19-24(3)34)15-16-31(20-25(4)35)21-26(5)36/h22-26,32-36H,6-21H2,1-5H3/t22?,23?,24?,25-,26?/m1/s1. The third-order valence-corrected chi connectivity index (χ3v) is 6.49. The molecule has 0 amide bonds. The van der Waals surface area contributed by atoms with Gasteiger partial charge in [-0.15, -0.1) is 0 Å². The van der Waals surface area contributed by atoms with Crippen molar-refractivity contribution in [2.24, 2.45) is 0 Å². The fraction of sp³-hybridized carbons (Fsp3) is 1.00. The van der Waals surface area contributed by atoms with Gasteiger partial charge in [-0.1, -0.05) is 0 Å². The van der Waals surface area contributed by atoms with Gasteiger partial charge in [-0.3, -0.25) is 19.6 Å². The van der Waals surface area contributed by atoms with Gasteiger partial charge >= 0.3 is 0 Å². The number of hydrogen-bond donors (Lipinski definition) is 5. The van der Waals surface area contributed by atoms with Crippen LogP contribution in [0.25, 0.3) is 0 Å². The van der Waals surface area contributed by atoms with Crippen LogP contribution >= 0.6 is 0 Å². The molecule has 216 valence electrons. The zero-order valence-electron chi connectivity index (χ0n) is 23.7. The fourth-order valence-electron chi connectivity index (χ4n) is 4.99. The van der Waals surface area contributed by atoms with Crippen molar-refractivity contribution >= 4 is 0 Å². The van der Waals surface area contributed by atoms with Gasteiger partial charge in [-0.05, 0) is 54.1 Å². The largest absolute Gasteiger partial charge is 0.392 e. The van der Waals surface area contributed by atoms with Crippen molar-refractivity contribution in [3.63, 3.8) is 0 Å². The van der Waals surface area contributed by atoms with E-state index < -0.39 is 24.4 Å². The van der Waals surface area contributed by atoms with Crippen molar-refractivity contribution in [2.75, 3.05) is 98.2 Å². The molecule has 5 N–H and O–H groups in total. The molecule has 1 rings (SSSR count). The van der Waals surface area contributed by atoms with Crippen LogP contribution in [0.5, 0.6) is 0 Å². The van der Waals surface area contributed by atoms with Gasteiger partial charge in [0.05, 0.1) is 30.5 Å². The summed E-state index contributed by atoms with van der Waals surface area (Å²) in [5.41, 5.74) is 0.